The van der Waals surface area contributed by atoms with Gasteiger partial charge in [0.05, 0.1) is 12.7 Å². The van der Waals surface area contributed by atoms with E-state index < -0.39 is 0 Å². The summed E-state index contributed by atoms with van der Waals surface area (Å²) in [6.07, 6.45) is 1.52. The van der Waals surface area contributed by atoms with Crippen LogP contribution in [0.5, 0.6) is 5.75 Å². The van der Waals surface area contributed by atoms with Crippen LogP contribution in [0.25, 0.3) is 0 Å². The molecule has 0 atom stereocenters. The first-order valence-electron chi connectivity index (χ1n) is 9.05. The van der Waals surface area contributed by atoms with Gasteiger partial charge in [0.2, 0.25) is 5.91 Å². The van der Waals surface area contributed by atoms with Crippen LogP contribution in [0.2, 0.25) is 0 Å². The van der Waals surface area contributed by atoms with Crippen molar-refractivity contribution >= 4 is 29.0 Å². The van der Waals surface area contributed by atoms with Gasteiger partial charge in [-0.1, -0.05) is 18.2 Å². The second-order valence-corrected chi connectivity index (χ2v) is 6.35. The molecule has 0 bridgehead atoms. The van der Waals surface area contributed by atoms with Crippen molar-refractivity contribution in [1.82, 2.24) is 4.98 Å². The third-order valence-corrected chi connectivity index (χ3v) is 4.10. The van der Waals surface area contributed by atoms with Crippen LogP contribution in [-0.2, 0) is 11.3 Å². The average Bonchev–Trinajstić information content (AvgIpc) is 2.73. The summed E-state index contributed by atoms with van der Waals surface area (Å²) in [6, 6.07) is 18.2. The molecule has 0 saturated heterocycles. The van der Waals surface area contributed by atoms with Crippen LogP contribution >= 0.6 is 0 Å². The number of rotatable bonds is 7. The Hall–Kier alpha value is -3.87. The number of methoxy groups -OCH3 is 1. The van der Waals surface area contributed by atoms with Crippen LogP contribution < -0.4 is 20.7 Å². The number of hydrogen-bond donors (Lipinski definition) is 3. The Kier molecular flexibility index (Phi) is 6.42. The van der Waals surface area contributed by atoms with Gasteiger partial charge in [0.25, 0.3) is 5.91 Å². The van der Waals surface area contributed by atoms with E-state index in [0.717, 1.165) is 11.3 Å². The quantitative estimate of drug-likeness (QED) is 0.569. The van der Waals surface area contributed by atoms with Crippen molar-refractivity contribution < 1.29 is 14.3 Å². The smallest absolute Gasteiger partial charge is 0.257 e. The summed E-state index contributed by atoms with van der Waals surface area (Å²) in [6.45, 7) is 2.04. The van der Waals surface area contributed by atoms with Crippen molar-refractivity contribution in [2.45, 2.75) is 13.5 Å². The number of anilines is 3. The maximum atomic E-state index is 12.4. The Morgan fingerprint density at radius 3 is 2.31 bits per heavy atom. The molecule has 29 heavy (non-hydrogen) atoms. The van der Waals surface area contributed by atoms with Crippen molar-refractivity contribution in [3.63, 3.8) is 0 Å². The topological polar surface area (TPSA) is 92.4 Å². The van der Waals surface area contributed by atoms with Gasteiger partial charge in [-0.2, -0.15) is 0 Å². The molecule has 0 unspecified atom stereocenters. The van der Waals surface area contributed by atoms with Crippen LogP contribution in [0.15, 0.2) is 66.9 Å². The SMILES string of the molecule is COc1ccc(CNc2ccc(C(=O)Nc3cccc(NC(C)=O)c3)cn2)cc1. The van der Waals surface area contributed by atoms with Gasteiger partial charge in [-0.15, -0.1) is 0 Å². The van der Waals surface area contributed by atoms with Gasteiger partial charge in [0.1, 0.15) is 11.6 Å². The number of pyridine rings is 1. The number of nitrogens with zero attached hydrogens (tertiary/aromatic N) is 1. The summed E-state index contributed by atoms with van der Waals surface area (Å²) in [5.74, 6) is 1.03. The standard InChI is InChI=1S/C22H22N4O3/c1-15(27)25-18-4-3-5-19(12-18)26-22(28)17-8-11-21(24-14-17)23-13-16-6-9-20(29-2)10-7-16/h3-12,14H,13H2,1-2H3,(H,23,24)(H,25,27)(H,26,28). The highest BCUT2D eigenvalue weighted by Crippen LogP contribution is 2.17. The molecule has 2 amide bonds. The first kappa shape index (κ1) is 19.9. The monoisotopic (exact) mass is 390 g/mol. The molecule has 3 rings (SSSR count). The molecule has 148 valence electrons. The molecule has 1 aromatic heterocycles. The van der Waals surface area contributed by atoms with Crippen LogP contribution in [0.1, 0.15) is 22.8 Å². The zero-order chi connectivity index (χ0) is 20.6. The van der Waals surface area contributed by atoms with E-state index in [9.17, 15) is 9.59 Å². The molecule has 0 spiro atoms. The number of aromatic nitrogens is 1. The van der Waals surface area contributed by atoms with Gasteiger partial charge in [0, 0.05) is 31.0 Å². The van der Waals surface area contributed by atoms with Gasteiger partial charge in [0.15, 0.2) is 0 Å². The fourth-order valence-electron chi connectivity index (χ4n) is 2.65. The zero-order valence-corrected chi connectivity index (χ0v) is 16.2. The number of carbonyl (C=O) groups excluding carboxylic acids is 2. The third-order valence-electron chi connectivity index (χ3n) is 4.10. The molecule has 0 radical (unpaired) electrons. The van der Waals surface area contributed by atoms with E-state index in [-0.39, 0.29) is 11.8 Å². The molecule has 7 heteroatoms. The summed E-state index contributed by atoms with van der Waals surface area (Å²) in [5.41, 5.74) is 2.73. The average molecular weight is 390 g/mol. The van der Waals surface area contributed by atoms with Gasteiger partial charge in [-0.25, -0.2) is 4.98 Å². The fraction of sp³-hybridized carbons (Fsp3) is 0.136. The minimum atomic E-state index is -0.279. The molecule has 0 fully saturated rings. The van der Waals surface area contributed by atoms with Crippen LogP contribution in [-0.4, -0.2) is 23.9 Å². The first-order valence-corrected chi connectivity index (χ1v) is 9.05. The second kappa shape index (κ2) is 9.36. The summed E-state index contributed by atoms with van der Waals surface area (Å²) < 4.78 is 5.14. The van der Waals surface area contributed by atoms with E-state index >= 15 is 0 Å². The van der Waals surface area contributed by atoms with Gasteiger partial charge in [-0.3, -0.25) is 9.59 Å². The molecular weight excluding hydrogens is 368 g/mol. The largest absolute Gasteiger partial charge is 0.497 e. The van der Waals surface area contributed by atoms with Crippen molar-refractivity contribution in [1.29, 1.82) is 0 Å². The van der Waals surface area contributed by atoms with Crippen LogP contribution in [0.3, 0.4) is 0 Å². The van der Waals surface area contributed by atoms with Gasteiger partial charge in [-0.05, 0) is 48.0 Å². The molecule has 3 N–H and O–H groups in total. The highest BCUT2D eigenvalue weighted by atomic mass is 16.5. The minimum Gasteiger partial charge on any atom is -0.497 e. The van der Waals surface area contributed by atoms with Crippen molar-refractivity contribution in [3.05, 3.63) is 78.0 Å². The summed E-state index contributed by atoms with van der Waals surface area (Å²) in [7, 11) is 1.63. The number of ether oxygens (including phenoxy) is 1. The first-order chi connectivity index (χ1) is 14.0. The molecule has 0 aliphatic carbocycles. The van der Waals surface area contributed by atoms with E-state index in [4.69, 9.17) is 4.74 Å². The lowest BCUT2D eigenvalue weighted by Crippen LogP contribution is -2.13. The van der Waals surface area contributed by atoms with E-state index in [1.807, 2.05) is 24.3 Å². The normalized spacial score (nSPS) is 10.1. The van der Waals surface area contributed by atoms with Crippen LogP contribution in [0, 0.1) is 0 Å². The van der Waals surface area contributed by atoms with E-state index in [1.54, 1.807) is 43.5 Å². The van der Waals surface area contributed by atoms with E-state index in [2.05, 4.69) is 20.9 Å². The lowest BCUT2D eigenvalue weighted by molar-refractivity contribution is -0.114. The second-order valence-electron chi connectivity index (χ2n) is 6.35. The van der Waals surface area contributed by atoms with E-state index in [0.29, 0.717) is 29.3 Å². The molecule has 3 aromatic rings. The Balaban J connectivity index is 1.57. The Morgan fingerprint density at radius 1 is 0.966 bits per heavy atom. The fourth-order valence-corrected chi connectivity index (χ4v) is 2.65. The number of hydrogen-bond acceptors (Lipinski definition) is 5. The summed E-state index contributed by atoms with van der Waals surface area (Å²) in [4.78, 5) is 27.9. The summed E-state index contributed by atoms with van der Waals surface area (Å²) >= 11 is 0. The minimum absolute atomic E-state index is 0.171. The highest BCUT2D eigenvalue weighted by molar-refractivity contribution is 6.04. The molecule has 0 saturated carbocycles. The Labute approximate surface area is 169 Å². The molecule has 7 nitrogen and oxygen atoms in total. The molecule has 0 aliphatic rings. The third kappa shape index (κ3) is 5.80. The molecular formula is C22H22N4O3. The van der Waals surface area contributed by atoms with Crippen LogP contribution in [0.4, 0.5) is 17.2 Å². The van der Waals surface area contributed by atoms with Crippen molar-refractivity contribution in [3.8, 4) is 5.75 Å². The Morgan fingerprint density at radius 2 is 1.69 bits per heavy atom. The molecule has 0 aliphatic heterocycles. The van der Waals surface area contributed by atoms with Gasteiger partial charge >= 0.3 is 0 Å². The number of nitrogens with one attached hydrogen (secondary N) is 3. The number of benzene rings is 2. The van der Waals surface area contributed by atoms with Crippen molar-refractivity contribution in [2.24, 2.45) is 0 Å². The highest BCUT2D eigenvalue weighted by Gasteiger charge is 2.08. The lowest BCUT2D eigenvalue weighted by Gasteiger charge is -2.09. The molecule has 2 aromatic carbocycles. The van der Waals surface area contributed by atoms with Crippen molar-refractivity contribution in [2.75, 3.05) is 23.1 Å². The molecule has 1 heterocycles. The maximum absolute atomic E-state index is 12.4. The predicted octanol–water partition coefficient (Wildman–Crippen LogP) is 3.91. The lowest BCUT2D eigenvalue weighted by atomic mass is 10.2. The predicted molar refractivity (Wildman–Crippen MR) is 113 cm³/mol. The Bertz CT molecular complexity index is 986. The number of carbonyl (C=O) groups is 2. The van der Waals surface area contributed by atoms with Gasteiger partial charge < -0.3 is 20.7 Å². The maximum Gasteiger partial charge on any atom is 0.257 e. The summed E-state index contributed by atoms with van der Waals surface area (Å²) in [5, 5.41) is 8.70. The zero-order valence-electron chi connectivity index (χ0n) is 16.2. The number of amides is 2. The van der Waals surface area contributed by atoms with E-state index in [1.165, 1.54) is 13.1 Å².